The molecule has 0 spiro atoms. The van der Waals surface area contributed by atoms with Gasteiger partial charge < -0.3 is 4.98 Å². The van der Waals surface area contributed by atoms with E-state index in [0.29, 0.717) is 22.6 Å². The highest BCUT2D eigenvalue weighted by atomic mass is 32.1. The van der Waals surface area contributed by atoms with E-state index in [9.17, 15) is 9.18 Å². The minimum absolute atomic E-state index is 0.0949. The summed E-state index contributed by atoms with van der Waals surface area (Å²) in [6.45, 7) is 2.81. The number of benzene rings is 1. The van der Waals surface area contributed by atoms with Crippen molar-refractivity contribution in [3.8, 4) is 10.4 Å². The predicted octanol–water partition coefficient (Wildman–Crippen LogP) is 3.39. The van der Waals surface area contributed by atoms with Crippen molar-refractivity contribution in [2.45, 2.75) is 19.4 Å². The number of rotatable bonds is 3. The average Bonchev–Trinajstić information content (AvgIpc) is 3.17. The predicted molar refractivity (Wildman–Crippen MR) is 90.1 cm³/mol. The van der Waals surface area contributed by atoms with Crippen molar-refractivity contribution in [1.82, 2.24) is 14.9 Å². The molecule has 0 bridgehead atoms. The molecule has 0 aliphatic carbocycles. The molecule has 1 aliphatic heterocycles. The molecule has 0 amide bonds. The van der Waals surface area contributed by atoms with Gasteiger partial charge in [-0.3, -0.25) is 9.69 Å². The Kier molecular flexibility index (Phi) is 3.71. The highest BCUT2D eigenvalue weighted by Crippen LogP contribution is 2.31. The van der Waals surface area contributed by atoms with E-state index in [0.717, 1.165) is 23.5 Å². The molecule has 4 rings (SSSR count). The van der Waals surface area contributed by atoms with Crippen molar-refractivity contribution >= 4 is 21.6 Å². The molecule has 23 heavy (non-hydrogen) atoms. The number of fused-ring (bicyclic) bond motifs is 1. The van der Waals surface area contributed by atoms with Gasteiger partial charge in [-0.15, -0.1) is 11.3 Å². The molecule has 0 radical (unpaired) electrons. The number of hydrogen-bond acceptors (Lipinski definition) is 4. The lowest BCUT2D eigenvalue weighted by atomic mass is 10.2. The van der Waals surface area contributed by atoms with Crippen molar-refractivity contribution in [3.63, 3.8) is 0 Å². The molecule has 0 unspecified atom stereocenters. The first kappa shape index (κ1) is 14.5. The van der Waals surface area contributed by atoms with Crippen molar-refractivity contribution < 1.29 is 4.39 Å². The second-order valence-corrected chi connectivity index (χ2v) is 6.88. The number of hydrogen-bond donors (Lipinski definition) is 1. The maximum Gasteiger partial charge on any atom is 0.268 e. The quantitative estimate of drug-likeness (QED) is 0.801. The van der Waals surface area contributed by atoms with Gasteiger partial charge in [0.2, 0.25) is 0 Å². The molecule has 1 saturated heterocycles. The summed E-state index contributed by atoms with van der Waals surface area (Å²) in [5, 5.41) is 0. The Hall–Kier alpha value is -2.05. The number of aromatic amines is 1. The Morgan fingerprint density at radius 3 is 2.70 bits per heavy atom. The zero-order chi connectivity index (χ0) is 15.8. The van der Waals surface area contributed by atoms with Crippen LogP contribution in [0.3, 0.4) is 0 Å². The van der Waals surface area contributed by atoms with Crippen LogP contribution in [0.15, 0.2) is 35.1 Å². The van der Waals surface area contributed by atoms with Crippen LogP contribution in [0, 0.1) is 5.82 Å². The van der Waals surface area contributed by atoms with Gasteiger partial charge in [-0.25, -0.2) is 9.37 Å². The van der Waals surface area contributed by atoms with Crippen LogP contribution in [0.4, 0.5) is 4.39 Å². The van der Waals surface area contributed by atoms with E-state index in [1.807, 2.05) is 6.07 Å². The topological polar surface area (TPSA) is 49.0 Å². The molecular weight excluding hydrogens is 313 g/mol. The molecule has 6 heteroatoms. The van der Waals surface area contributed by atoms with E-state index >= 15 is 0 Å². The first-order chi connectivity index (χ1) is 11.2. The minimum atomic E-state index is -0.265. The lowest BCUT2D eigenvalue weighted by molar-refractivity contribution is 0.322. The van der Waals surface area contributed by atoms with Crippen molar-refractivity contribution in [1.29, 1.82) is 0 Å². The molecule has 1 N–H and O–H groups in total. The summed E-state index contributed by atoms with van der Waals surface area (Å²) in [7, 11) is 0. The van der Waals surface area contributed by atoms with E-state index < -0.39 is 0 Å². The molecule has 0 atom stereocenters. The van der Waals surface area contributed by atoms with Gasteiger partial charge in [0.25, 0.3) is 5.56 Å². The summed E-state index contributed by atoms with van der Waals surface area (Å²) >= 11 is 1.39. The van der Waals surface area contributed by atoms with Gasteiger partial charge in [0.05, 0.1) is 12.1 Å². The first-order valence-corrected chi connectivity index (χ1v) is 8.52. The summed E-state index contributed by atoms with van der Waals surface area (Å²) < 4.78 is 13.7. The fraction of sp³-hybridized carbons (Fsp3) is 0.294. The van der Waals surface area contributed by atoms with E-state index in [1.54, 1.807) is 12.1 Å². The number of nitrogens with zero attached hydrogens (tertiary/aromatic N) is 2. The first-order valence-electron chi connectivity index (χ1n) is 7.70. The Morgan fingerprint density at radius 2 is 1.96 bits per heavy atom. The van der Waals surface area contributed by atoms with Crippen LogP contribution >= 0.6 is 11.3 Å². The summed E-state index contributed by atoms with van der Waals surface area (Å²) in [5.41, 5.74) is 1.52. The number of nitrogens with one attached hydrogen (secondary N) is 1. The molecule has 118 valence electrons. The van der Waals surface area contributed by atoms with E-state index in [2.05, 4.69) is 14.9 Å². The Morgan fingerprint density at radius 1 is 1.22 bits per heavy atom. The fourth-order valence-electron chi connectivity index (χ4n) is 2.97. The van der Waals surface area contributed by atoms with Crippen LogP contribution in [0.5, 0.6) is 0 Å². The van der Waals surface area contributed by atoms with Gasteiger partial charge in [0, 0.05) is 4.88 Å². The third kappa shape index (κ3) is 2.92. The van der Waals surface area contributed by atoms with Gasteiger partial charge >= 0.3 is 0 Å². The van der Waals surface area contributed by atoms with Crippen molar-refractivity contribution in [2.75, 3.05) is 13.1 Å². The summed E-state index contributed by atoms with van der Waals surface area (Å²) in [4.78, 5) is 23.0. The molecule has 2 aromatic heterocycles. The molecule has 1 fully saturated rings. The van der Waals surface area contributed by atoms with Gasteiger partial charge in [0.15, 0.2) is 0 Å². The number of thiophene rings is 1. The van der Waals surface area contributed by atoms with Gasteiger partial charge in [-0.05, 0) is 49.7 Å². The molecule has 3 heterocycles. The van der Waals surface area contributed by atoms with Crippen LogP contribution in [0.1, 0.15) is 18.7 Å². The normalized spacial score (nSPS) is 15.5. The van der Waals surface area contributed by atoms with Gasteiger partial charge in [-0.1, -0.05) is 12.1 Å². The third-order valence-electron chi connectivity index (χ3n) is 4.13. The number of likely N-dealkylation sites (tertiary alicyclic amines) is 1. The minimum Gasteiger partial charge on any atom is -0.308 e. The molecule has 4 nitrogen and oxygen atoms in total. The third-order valence-corrected chi connectivity index (χ3v) is 5.30. The molecule has 1 aliphatic rings. The lowest BCUT2D eigenvalue weighted by Crippen LogP contribution is -2.22. The maximum absolute atomic E-state index is 13.0. The lowest BCUT2D eigenvalue weighted by Gasteiger charge is -2.13. The Labute approximate surface area is 136 Å². The molecule has 3 aromatic rings. The van der Waals surface area contributed by atoms with Gasteiger partial charge in [-0.2, -0.15) is 0 Å². The molecular formula is C17H16FN3OS. The number of H-pyrrole nitrogens is 1. The molecule has 1 aromatic carbocycles. The standard InChI is InChI=1S/C17H16FN3OS/c18-12-5-3-11(4-6-12)14-9-13-16(23-14)17(22)20-15(19-13)10-21-7-1-2-8-21/h3-6,9H,1-2,7-8,10H2,(H,19,20,22). The van der Waals surface area contributed by atoms with Crippen LogP contribution in [0.2, 0.25) is 0 Å². The Bertz CT molecular complexity index is 894. The van der Waals surface area contributed by atoms with Crippen LogP contribution in [-0.2, 0) is 6.54 Å². The second-order valence-electron chi connectivity index (χ2n) is 5.83. The highest BCUT2D eigenvalue weighted by Gasteiger charge is 2.15. The van der Waals surface area contributed by atoms with Crippen LogP contribution in [0.25, 0.3) is 20.7 Å². The summed E-state index contributed by atoms with van der Waals surface area (Å²) in [5.74, 6) is 0.451. The van der Waals surface area contributed by atoms with E-state index in [-0.39, 0.29) is 11.4 Å². The fourth-order valence-corrected chi connectivity index (χ4v) is 3.97. The zero-order valence-corrected chi connectivity index (χ0v) is 13.3. The number of halogens is 1. The monoisotopic (exact) mass is 329 g/mol. The Balaban J connectivity index is 1.71. The highest BCUT2D eigenvalue weighted by molar-refractivity contribution is 7.22. The van der Waals surface area contributed by atoms with Crippen molar-refractivity contribution in [3.05, 3.63) is 52.3 Å². The maximum atomic E-state index is 13.0. The number of aromatic nitrogens is 2. The smallest absolute Gasteiger partial charge is 0.268 e. The van der Waals surface area contributed by atoms with Gasteiger partial charge in [0.1, 0.15) is 16.3 Å². The average molecular weight is 329 g/mol. The van der Waals surface area contributed by atoms with E-state index in [1.165, 1.54) is 36.3 Å². The van der Waals surface area contributed by atoms with Crippen LogP contribution in [-0.4, -0.2) is 28.0 Å². The largest absolute Gasteiger partial charge is 0.308 e. The zero-order valence-electron chi connectivity index (χ0n) is 12.5. The van der Waals surface area contributed by atoms with Crippen LogP contribution < -0.4 is 5.56 Å². The SMILES string of the molecule is O=c1[nH]c(CN2CCCC2)nc2cc(-c3ccc(F)cc3)sc12. The van der Waals surface area contributed by atoms with Crippen molar-refractivity contribution in [2.24, 2.45) is 0 Å². The second kappa shape index (κ2) is 5.86. The summed E-state index contributed by atoms with van der Waals surface area (Å²) in [6, 6.07) is 8.21. The molecule has 0 saturated carbocycles. The van der Waals surface area contributed by atoms with E-state index in [4.69, 9.17) is 0 Å². The summed E-state index contributed by atoms with van der Waals surface area (Å²) in [6.07, 6.45) is 2.42.